The molecule has 2 rings (SSSR count). The average Bonchev–Trinajstić information content (AvgIpc) is 2.43. The summed E-state index contributed by atoms with van der Waals surface area (Å²) in [7, 11) is -4.85. The van der Waals surface area contributed by atoms with Gasteiger partial charge in [-0.3, -0.25) is 14.6 Å². The molecule has 0 radical (unpaired) electrons. The lowest BCUT2D eigenvalue weighted by molar-refractivity contribution is 0.0978. The van der Waals surface area contributed by atoms with Gasteiger partial charge in [0.25, 0.3) is 0 Å². The van der Waals surface area contributed by atoms with Crippen LogP contribution >= 0.6 is 7.82 Å². The quantitative estimate of drug-likeness (QED) is 0.471. The second-order valence-corrected chi connectivity index (χ2v) is 5.99. The number of phosphoric ester groups is 1. The minimum atomic E-state index is -4.85. The molecule has 0 fully saturated rings. The van der Waals surface area contributed by atoms with Crippen molar-refractivity contribution >= 4 is 13.6 Å². The fraction of sp³-hybridized carbons (Fsp3) is 0.133. The highest BCUT2D eigenvalue weighted by Crippen LogP contribution is 2.41. The molecule has 0 heterocycles. The van der Waals surface area contributed by atoms with Gasteiger partial charge in [0.2, 0.25) is 0 Å². The summed E-state index contributed by atoms with van der Waals surface area (Å²) in [5, 5.41) is 19.2. The molecule has 0 spiro atoms. The van der Waals surface area contributed by atoms with Crippen LogP contribution in [0.15, 0.2) is 42.5 Å². The van der Waals surface area contributed by atoms with E-state index in [0.29, 0.717) is 5.56 Å². The number of hydrogen-bond donors (Lipinski definition) is 4. The molecule has 4 N–H and O–H groups in total. The zero-order valence-corrected chi connectivity index (χ0v) is 12.8. The van der Waals surface area contributed by atoms with Crippen LogP contribution in [0.1, 0.15) is 22.3 Å². The van der Waals surface area contributed by atoms with Crippen molar-refractivity contribution in [1.29, 1.82) is 0 Å². The highest BCUT2D eigenvalue weighted by atomic mass is 31.2. The number of benzene rings is 2. The third-order valence-corrected chi connectivity index (χ3v) is 3.49. The molecule has 0 amide bonds. The number of aryl methyl sites for hydroxylation is 1. The lowest BCUT2D eigenvalue weighted by Crippen LogP contribution is -2.05. The Balaban J connectivity index is 2.20. The van der Waals surface area contributed by atoms with Crippen LogP contribution in [0, 0.1) is 0 Å². The van der Waals surface area contributed by atoms with Crippen molar-refractivity contribution in [1.82, 2.24) is 0 Å². The number of aromatic hydroxyl groups is 2. The standard InChI is InChI=1S/C15H15O7P/c16-11-4-1-3-10(9-11)7-8-13(18)15-12(17)5-2-6-14(15)22-23(19,20)21/h1-6,9,16-17H,7-8H2,(H2,19,20,21). The Bertz CT molecular complexity index is 766. The van der Waals surface area contributed by atoms with E-state index in [-0.39, 0.29) is 29.9 Å². The highest BCUT2D eigenvalue weighted by Gasteiger charge is 2.23. The molecule has 0 saturated carbocycles. The van der Waals surface area contributed by atoms with Gasteiger partial charge in [-0.25, -0.2) is 4.57 Å². The molecule has 0 saturated heterocycles. The second-order valence-electron chi connectivity index (χ2n) is 4.83. The molecule has 0 aliphatic rings. The van der Waals surface area contributed by atoms with Gasteiger partial charge in [-0.2, -0.15) is 0 Å². The first kappa shape index (κ1) is 17.0. The van der Waals surface area contributed by atoms with Crippen LogP contribution in [0.3, 0.4) is 0 Å². The monoisotopic (exact) mass is 338 g/mol. The fourth-order valence-corrected chi connectivity index (χ4v) is 2.51. The minimum absolute atomic E-state index is 0.0292. The van der Waals surface area contributed by atoms with E-state index < -0.39 is 19.4 Å². The molecule has 0 aliphatic heterocycles. The van der Waals surface area contributed by atoms with Gasteiger partial charge in [0.15, 0.2) is 5.78 Å². The first-order valence-corrected chi connectivity index (χ1v) is 8.17. The molecule has 2 aromatic rings. The Hall–Kier alpha value is -2.34. The summed E-state index contributed by atoms with van der Waals surface area (Å²) < 4.78 is 15.4. The Morgan fingerprint density at radius 2 is 1.78 bits per heavy atom. The molecule has 0 unspecified atom stereocenters. The summed E-state index contributed by atoms with van der Waals surface area (Å²) in [6.45, 7) is 0. The molecule has 0 bridgehead atoms. The normalized spacial score (nSPS) is 11.2. The number of ketones is 1. The summed E-state index contributed by atoms with van der Waals surface area (Å²) in [6.07, 6.45) is 0.259. The number of carbonyl (C=O) groups excluding carboxylic acids is 1. The maximum absolute atomic E-state index is 12.3. The van der Waals surface area contributed by atoms with E-state index in [1.54, 1.807) is 12.1 Å². The predicted octanol–water partition coefficient (Wildman–Crippen LogP) is 2.38. The van der Waals surface area contributed by atoms with Crippen molar-refractivity contribution in [2.75, 3.05) is 0 Å². The van der Waals surface area contributed by atoms with E-state index in [1.165, 1.54) is 30.3 Å². The van der Waals surface area contributed by atoms with E-state index in [1.807, 2.05) is 0 Å². The van der Waals surface area contributed by atoms with Crippen LogP contribution < -0.4 is 4.52 Å². The Morgan fingerprint density at radius 3 is 2.43 bits per heavy atom. The smallest absolute Gasteiger partial charge is 0.508 e. The first-order valence-electron chi connectivity index (χ1n) is 6.64. The largest absolute Gasteiger partial charge is 0.524 e. The van der Waals surface area contributed by atoms with Crippen LogP contribution in [0.2, 0.25) is 0 Å². The number of phenolic OH excluding ortho intramolecular Hbond substituents is 2. The lowest BCUT2D eigenvalue weighted by atomic mass is 10.0. The molecule has 0 atom stereocenters. The molecule has 0 aromatic heterocycles. The summed E-state index contributed by atoms with van der Waals surface area (Å²) in [5.74, 6) is -1.26. The number of Topliss-reactive ketones (excluding diaryl/α,β-unsaturated/α-hetero) is 1. The van der Waals surface area contributed by atoms with E-state index in [9.17, 15) is 19.6 Å². The van der Waals surface area contributed by atoms with E-state index >= 15 is 0 Å². The van der Waals surface area contributed by atoms with Gasteiger partial charge in [-0.05, 0) is 36.2 Å². The molecule has 23 heavy (non-hydrogen) atoms. The van der Waals surface area contributed by atoms with Crippen LogP contribution in [-0.4, -0.2) is 25.8 Å². The molecule has 122 valence electrons. The van der Waals surface area contributed by atoms with Gasteiger partial charge < -0.3 is 14.7 Å². The minimum Gasteiger partial charge on any atom is -0.508 e. The molecule has 2 aromatic carbocycles. The molecule has 7 nitrogen and oxygen atoms in total. The fourth-order valence-electron chi connectivity index (χ4n) is 2.10. The van der Waals surface area contributed by atoms with Crippen molar-refractivity contribution in [3.63, 3.8) is 0 Å². The third-order valence-electron chi connectivity index (χ3n) is 3.05. The van der Waals surface area contributed by atoms with Gasteiger partial charge in [0.1, 0.15) is 22.8 Å². The molecular formula is C15H15O7P. The van der Waals surface area contributed by atoms with Gasteiger partial charge in [-0.15, -0.1) is 0 Å². The Labute approximate surface area is 132 Å². The number of rotatable bonds is 6. The maximum atomic E-state index is 12.3. The number of phosphoric acid groups is 1. The first-order chi connectivity index (χ1) is 10.8. The van der Waals surface area contributed by atoms with Crippen molar-refractivity contribution in [3.05, 3.63) is 53.6 Å². The Morgan fingerprint density at radius 1 is 1.09 bits per heavy atom. The number of hydrogen-bond acceptors (Lipinski definition) is 5. The van der Waals surface area contributed by atoms with Gasteiger partial charge in [0, 0.05) is 6.42 Å². The summed E-state index contributed by atoms with van der Waals surface area (Å²) in [5.41, 5.74) is 0.433. The van der Waals surface area contributed by atoms with Crippen molar-refractivity contribution in [2.24, 2.45) is 0 Å². The lowest BCUT2D eigenvalue weighted by Gasteiger charge is -2.12. The highest BCUT2D eigenvalue weighted by molar-refractivity contribution is 7.46. The Kier molecular flexibility index (Phi) is 5.05. The molecular weight excluding hydrogens is 323 g/mol. The van der Waals surface area contributed by atoms with Crippen molar-refractivity contribution in [2.45, 2.75) is 12.8 Å². The van der Waals surface area contributed by atoms with E-state index in [2.05, 4.69) is 4.52 Å². The average molecular weight is 338 g/mol. The van der Waals surface area contributed by atoms with Gasteiger partial charge in [0.05, 0.1) is 0 Å². The SMILES string of the molecule is O=C(CCc1cccc(O)c1)c1c(O)cccc1OP(=O)(O)O. The van der Waals surface area contributed by atoms with Gasteiger partial charge in [-0.1, -0.05) is 18.2 Å². The summed E-state index contributed by atoms with van der Waals surface area (Å²) >= 11 is 0. The molecule has 8 heteroatoms. The number of phenols is 2. The zero-order valence-electron chi connectivity index (χ0n) is 11.9. The van der Waals surface area contributed by atoms with E-state index in [4.69, 9.17) is 9.79 Å². The molecule has 0 aliphatic carbocycles. The van der Waals surface area contributed by atoms with Crippen molar-refractivity contribution < 1.29 is 33.9 Å². The summed E-state index contributed by atoms with van der Waals surface area (Å²) in [4.78, 5) is 30.0. The van der Waals surface area contributed by atoms with Crippen LogP contribution in [0.5, 0.6) is 17.2 Å². The van der Waals surface area contributed by atoms with E-state index in [0.717, 1.165) is 0 Å². The van der Waals surface area contributed by atoms with Crippen molar-refractivity contribution in [3.8, 4) is 17.2 Å². The zero-order chi connectivity index (χ0) is 17.0. The van der Waals surface area contributed by atoms with Crippen LogP contribution in [-0.2, 0) is 11.0 Å². The topological polar surface area (TPSA) is 124 Å². The maximum Gasteiger partial charge on any atom is 0.524 e. The number of carbonyl (C=O) groups is 1. The third kappa shape index (κ3) is 4.82. The summed E-state index contributed by atoms with van der Waals surface area (Å²) in [6, 6.07) is 10.1. The predicted molar refractivity (Wildman–Crippen MR) is 81.5 cm³/mol. The van der Waals surface area contributed by atoms with Crippen LogP contribution in [0.4, 0.5) is 0 Å². The van der Waals surface area contributed by atoms with Crippen LogP contribution in [0.25, 0.3) is 0 Å². The van der Waals surface area contributed by atoms with Gasteiger partial charge >= 0.3 is 7.82 Å². The second kappa shape index (κ2) is 6.83.